The molecule has 0 amide bonds. The first-order valence-electron chi connectivity index (χ1n) is 4.51. The summed E-state index contributed by atoms with van der Waals surface area (Å²) in [6, 6.07) is 0. The van der Waals surface area contributed by atoms with Crippen LogP contribution in [0.25, 0.3) is 0 Å². The van der Waals surface area contributed by atoms with Gasteiger partial charge in [-0.2, -0.15) is 0 Å². The van der Waals surface area contributed by atoms with Crippen molar-refractivity contribution in [2.24, 2.45) is 0 Å². The maximum absolute atomic E-state index is 10.6. The molecule has 1 unspecified atom stereocenters. The van der Waals surface area contributed by atoms with Crippen LogP contribution in [0.1, 0.15) is 6.42 Å². The standard InChI is InChI=1S/C8H17ClO5S/c1-12-6-8(13-2)7-14-4-3-5-15(9,10)11/h8H,3-7H2,1-2H3. The summed E-state index contributed by atoms with van der Waals surface area (Å²) in [5.74, 6) is -0.0729. The molecule has 0 spiro atoms. The van der Waals surface area contributed by atoms with E-state index >= 15 is 0 Å². The second-order valence-corrected chi connectivity index (χ2v) is 5.88. The molecule has 0 rings (SSSR count). The normalized spacial score (nSPS) is 14.1. The topological polar surface area (TPSA) is 61.8 Å². The molecular formula is C8H17ClO5S. The van der Waals surface area contributed by atoms with Crippen LogP contribution in [0.5, 0.6) is 0 Å². The van der Waals surface area contributed by atoms with Crippen molar-refractivity contribution in [2.75, 3.05) is 39.8 Å². The molecule has 0 N–H and O–H groups in total. The predicted molar refractivity (Wildman–Crippen MR) is 57.7 cm³/mol. The van der Waals surface area contributed by atoms with Crippen molar-refractivity contribution in [3.63, 3.8) is 0 Å². The molecule has 0 fully saturated rings. The van der Waals surface area contributed by atoms with E-state index in [1.165, 1.54) is 0 Å². The number of rotatable bonds is 9. The van der Waals surface area contributed by atoms with Gasteiger partial charge in [-0.1, -0.05) is 0 Å². The van der Waals surface area contributed by atoms with Crippen LogP contribution in [-0.2, 0) is 23.3 Å². The third-order valence-electron chi connectivity index (χ3n) is 1.67. The summed E-state index contributed by atoms with van der Waals surface area (Å²) >= 11 is 0. The number of hydrogen-bond acceptors (Lipinski definition) is 5. The second-order valence-electron chi connectivity index (χ2n) is 2.98. The van der Waals surface area contributed by atoms with E-state index in [0.717, 1.165) is 0 Å². The van der Waals surface area contributed by atoms with Gasteiger partial charge in [-0.3, -0.25) is 0 Å². The quantitative estimate of drug-likeness (QED) is 0.449. The van der Waals surface area contributed by atoms with E-state index in [-0.39, 0.29) is 11.9 Å². The Balaban J connectivity index is 3.44. The van der Waals surface area contributed by atoms with Crippen molar-refractivity contribution in [1.29, 1.82) is 0 Å². The summed E-state index contributed by atoms with van der Waals surface area (Å²) in [6.45, 7) is 1.17. The Labute approximate surface area is 95.1 Å². The van der Waals surface area contributed by atoms with E-state index in [1.54, 1.807) is 14.2 Å². The molecule has 7 heteroatoms. The van der Waals surface area contributed by atoms with Gasteiger partial charge in [-0.15, -0.1) is 0 Å². The van der Waals surface area contributed by atoms with Gasteiger partial charge in [0.05, 0.1) is 19.0 Å². The van der Waals surface area contributed by atoms with E-state index < -0.39 is 9.05 Å². The molecule has 0 aromatic rings. The molecule has 5 nitrogen and oxygen atoms in total. The fourth-order valence-electron chi connectivity index (χ4n) is 0.918. The number of ether oxygens (including phenoxy) is 3. The number of hydrogen-bond donors (Lipinski definition) is 0. The smallest absolute Gasteiger partial charge is 0.232 e. The molecule has 0 aliphatic carbocycles. The molecule has 0 aromatic carbocycles. The van der Waals surface area contributed by atoms with Crippen LogP contribution in [0, 0.1) is 0 Å². The van der Waals surface area contributed by atoms with Gasteiger partial charge in [0, 0.05) is 31.5 Å². The van der Waals surface area contributed by atoms with E-state index in [1.807, 2.05) is 0 Å². The van der Waals surface area contributed by atoms with Crippen molar-refractivity contribution >= 4 is 19.7 Å². The third kappa shape index (κ3) is 10.4. The van der Waals surface area contributed by atoms with Crippen LogP contribution in [0.15, 0.2) is 0 Å². The van der Waals surface area contributed by atoms with E-state index in [9.17, 15) is 8.42 Å². The number of halogens is 1. The van der Waals surface area contributed by atoms with E-state index in [2.05, 4.69) is 0 Å². The lowest BCUT2D eigenvalue weighted by Gasteiger charge is -2.13. The average Bonchev–Trinajstić information content (AvgIpc) is 2.14. The van der Waals surface area contributed by atoms with E-state index in [0.29, 0.717) is 26.2 Å². The third-order valence-corrected chi connectivity index (χ3v) is 2.91. The molecule has 0 aliphatic rings. The molecule has 0 radical (unpaired) electrons. The molecule has 0 aliphatic heterocycles. The fraction of sp³-hybridized carbons (Fsp3) is 1.00. The highest BCUT2D eigenvalue weighted by atomic mass is 35.7. The molecule has 1 atom stereocenters. The minimum Gasteiger partial charge on any atom is -0.382 e. The van der Waals surface area contributed by atoms with Crippen LogP contribution in [0.4, 0.5) is 0 Å². The molecule has 0 aromatic heterocycles. The van der Waals surface area contributed by atoms with E-state index in [4.69, 9.17) is 24.9 Å². The Morgan fingerprint density at radius 3 is 2.40 bits per heavy atom. The Morgan fingerprint density at radius 1 is 1.27 bits per heavy atom. The second kappa shape index (κ2) is 8.29. The summed E-state index contributed by atoms with van der Waals surface area (Å²) in [6.07, 6.45) is 0.262. The Morgan fingerprint density at radius 2 is 1.93 bits per heavy atom. The fourth-order valence-corrected chi connectivity index (χ4v) is 1.71. The minimum atomic E-state index is -3.40. The summed E-state index contributed by atoms with van der Waals surface area (Å²) in [5, 5.41) is 0. The Hall–Kier alpha value is 0.120. The molecule has 0 heterocycles. The number of methoxy groups -OCH3 is 2. The molecule has 0 saturated carbocycles. The monoisotopic (exact) mass is 260 g/mol. The van der Waals surface area contributed by atoms with Crippen molar-refractivity contribution in [2.45, 2.75) is 12.5 Å². The van der Waals surface area contributed by atoms with Gasteiger partial charge in [-0.05, 0) is 6.42 Å². The summed E-state index contributed by atoms with van der Waals surface area (Å²) in [7, 11) is 4.76. The Bertz CT molecular complexity index is 241. The van der Waals surface area contributed by atoms with Crippen molar-refractivity contribution in [3.05, 3.63) is 0 Å². The summed E-state index contributed by atoms with van der Waals surface area (Å²) < 4.78 is 36.2. The average molecular weight is 261 g/mol. The van der Waals surface area contributed by atoms with Gasteiger partial charge < -0.3 is 14.2 Å². The van der Waals surface area contributed by atoms with Crippen molar-refractivity contribution in [1.82, 2.24) is 0 Å². The zero-order valence-corrected chi connectivity index (χ0v) is 10.5. The first kappa shape index (κ1) is 15.1. The molecular weight excluding hydrogens is 244 g/mol. The van der Waals surface area contributed by atoms with Crippen LogP contribution < -0.4 is 0 Å². The van der Waals surface area contributed by atoms with Gasteiger partial charge in [0.25, 0.3) is 0 Å². The molecule has 0 saturated heterocycles. The van der Waals surface area contributed by atoms with Gasteiger partial charge in [0.15, 0.2) is 0 Å². The lowest BCUT2D eigenvalue weighted by molar-refractivity contribution is -0.0300. The molecule has 15 heavy (non-hydrogen) atoms. The first-order valence-corrected chi connectivity index (χ1v) is 6.99. The zero-order valence-electron chi connectivity index (χ0n) is 8.94. The van der Waals surface area contributed by atoms with Crippen LogP contribution in [0.2, 0.25) is 0 Å². The SMILES string of the molecule is COCC(COCCCS(=O)(=O)Cl)OC. The van der Waals surface area contributed by atoms with Crippen molar-refractivity contribution in [3.8, 4) is 0 Å². The summed E-state index contributed by atoms with van der Waals surface area (Å²) in [5.41, 5.74) is 0. The van der Waals surface area contributed by atoms with Gasteiger partial charge in [0.2, 0.25) is 9.05 Å². The first-order chi connectivity index (χ1) is 6.99. The van der Waals surface area contributed by atoms with Crippen molar-refractivity contribution < 1.29 is 22.6 Å². The van der Waals surface area contributed by atoms with Gasteiger partial charge in [0.1, 0.15) is 6.10 Å². The maximum Gasteiger partial charge on any atom is 0.232 e. The van der Waals surface area contributed by atoms with Crippen LogP contribution >= 0.6 is 10.7 Å². The lowest BCUT2D eigenvalue weighted by Crippen LogP contribution is -2.24. The lowest BCUT2D eigenvalue weighted by atomic mass is 10.4. The largest absolute Gasteiger partial charge is 0.382 e. The highest BCUT2D eigenvalue weighted by Crippen LogP contribution is 2.00. The van der Waals surface area contributed by atoms with Crippen LogP contribution in [0.3, 0.4) is 0 Å². The molecule has 0 bridgehead atoms. The highest BCUT2D eigenvalue weighted by Gasteiger charge is 2.08. The highest BCUT2D eigenvalue weighted by molar-refractivity contribution is 8.13. The van der Waals surface area contributed by atoms with Crippen LogP contribution in [-0.4, -0.2) is 54.3 Å². The Kier molecular flexibility index (Phi) is 8.36. The van der Waals surface area contributed by atoms with Gasteiger partial charge in [-0.25, -0.2) is 8.42 Å². The predicted octanol–water partition coefficient (Wildman–Crippen LogP) is 0.623. The molecule has 92 valence electrons. The zero-order chi connectivity index (χ0) is 11.7. The minimum absolute atomic E-state index is 0.0729. The maximum atomic E-state index is 10.6. The summed E-state index contributed by atoms with van der Waals surface area (Å²) in [4.78, 5) is 0. The van der Waals surface area contributed by atoms with Gasteiger partial charge >= 0.3 is 0 Å².